The second-order valence-electron chi connectivity index (χ2n) is 4.87. The van der Waals surface area contributed by atoms with Crippen LogP contribution in [0.3, 0.4) is 0 Å². The van der Waals surface area contributed by atoms with Crippen LogP contribution < -0.4 is 14.8 Å². The summed E-state index contributed by atoms with van der Waals surface area (Å²) in [6.07, 6.45) is 0. The second-order valence-corrected chi connectivity index (χ2v) is 5.72. The minimum absolute atomic E-state index is 0.205. The zero-order chi connectivity index (χ0) is 14.8. The van der Waals surface area contributed by atoms with Gasteiger partial charge in [0.15, 0.2) is 11.5 Å². The van der Waals surface area contributed by atoms with Crippen molar-refractivity contribution in [1.29, 1.82) is 0 Å². The van der Waals surface area contributed by atoms with Gasteiger partial charge in [0, 0.05) is 17.8 Å². The summed E-state index contributed by atoms with van der Waals surface area (Å²) in [5.41, 5.74) is 2.45. The molecule has 110 valence electrons. The van der Waals surface area contributed by atoms with Crippen molar-refractivity contribution in [2.75, 3.05) is 18.5 Å². The van der Waals surface area contributed by atoms with E-state index in [1.165, 1.54) is 6.07 Å². The first-order valence-electron chi connectivity index (χ1n) is 6.72. The monoisotopic (exact) mass is 351 g/mol. The summed E-state index contributed by atoms with van der Waals surface area (Å²) in [5.74, 6) is 1.28. The molecule has 0 atom stereocenters. The summed E-state index contributed by atoms with van der Waals surface area (Å²) in [6, 6.07) is 8.95. The van der Waals surface area contributed by atoms with Gasteiger partial charge in [0.2, 0.25) is 0 Å². The van der Waals surface area contributed by atoms with Crippen molar-refractivity contribution >= 4 is 21.6 Å². The van der Waals surface area contributed by atoms with Gasteiger partial charge in [-0.3, -0.25) is 0 Å². The van der Waals surface area contributed by atoms with Gasteiger partial charge >= 0.3 is 0 Å². The number of benzene rings is 2. The highest BCUT2D eigenvalue weighted by atomic mass is 79.9. The van der Waals surface area contributed by atoms with E-state index in [1.807, 2.05) is 18.2 Å². The highest BCUT2D eigenvalue weighted by Crippen LogP contribution is 2.38. The molecule has 1 heterocycles. The van der Waals surface area contributed by atoms with Crippen LogP contribution in [0.4, 0.5) is 10.1 Å². The van der Waals surface area contributed by atoms with E-state index >= 15 is 0 Å². The third-order valence-corrected chi connectivity index (χ3v) is 4.00. The van der Waals surface area contributed by atoms with Crippen molar-refractivity contribution in [3.63, 3.8) is 0 Å². The van der Waals surface area contributed by atoms with Crippen LogP contribution in [0.15, 0.2) is 34.8 Å². The zero-order valence-corrected chi connectivity index (χ0v) is 13.2. The van der Waals surface area contributed by atoms with E-state index in [4.69, 9.17) is 9.47 Å². The lowest BCUT2D eigenvalue weighted by atomic mass is 10.1. The van der Waals surface area contributed by atoms with Gasteiger partial charge in [-0.2, -0.15) is 0 Å². The Kier molecular flexibility index (Phi) is 4.01. The van der Waals surface area contributed by atoms with Crippen LogP contribution in [-0.2, 0) is 6.54 Å². The van der Waals surface area contributed by atoms with Crippen molar-refractivity contribution < 1.29 is 13.9 Å². The standard InChI is InChI=1S/C16H15BrFNO2/c1-10-13(18)3-2-4-14(10)19-9-11-7-12(17)16-15(8-11)20-5-6-21-16/h2-4,7-8,19H,5-6,9H2,1H3. The number of rotatable bonds is 3. The van der Waals surface area contributed by atoms with E-state index in [2.05, 4.69) is 21.2 Å². The van der Waals surface area contributed by atoms with E-state index < -0.39 is 0 Å². The van der Waals surface area contributed by atoms with E-state index in [-0.39, 0.29) is 5.82 Å². The molecule has 0 aliphatic carbocycles. The van der Waals surface area contributed by atoms with Crippen molar-refractivity contribution in [3.8, 4) is 11.5 Å². The predicted octanol–water partition coefficient (Wildman–Crippen LogP) is 4.28. The summed E-state index contributed by atoms with van der Waals surface area (Å²) in [6.45, 7) is 3.46. The fourth-order valence-corrected chi connectivity index (χ4v) is 2.87. The van der Waals surface area contributed by atoms with Crippen LogP contribution in [0, 0.1) is 12.7 Å². The predicted molar refractivity (Wildman–Crippen MR) is 83.6 cm³/mol. The number of fused-ring (bicyclic) bond motifs is 1. The van der Waals surface area contributed by atoms with Crippen molar-refractivity contribution in [3.05, 3.63) is 51.7 Å². The topological polar surface area (TPSA) is 30.5 Å². The van der Waals surface area contributed by atoms with E-state index in [1.54, 1.807) is 13.0 Å². The molecule has 5 heteroatoms. The van der Waals surface area contributed by atoms with Gasteiger partial charge in [0.05, 0.1) is 4.47 Å². The number of nitrogens with one attached hydrogen (secondary N) is 1. The van der Waals surface area contributed by atoms with Crippen LogP contribution in [0.5, 0.6) is 11.5 Å². The SMILES string of the molecule is Cc1c(F)cccc1NCc1cc(Br)c2c(c1)OCCO2. The van der Waals surface area contributed by atoms with Crippen molar-refractivity contribution in [2.45, 2.75) is 13.5 Å². The summed E-state index contributed by atoms with van der Waals surface area (Å²) < 4.78 is 25.5. The molecular weight excluding hydrogens is 337 g/mol. The molecule has 0 saturated heterocycles. The maximum absolute atomic E-state index is 13.5. The summed E-state index contributed by atoms with van der Waals surface area (Å²) >= 11 is 3.49. The number of anilines is 1. The van der Waals surface area contributed by atoms with E-state index in [0.717, 1.165) is 27.2 Å². The van der Waals surface area contributed by atoms with Crippen LogP contribution in [0.25, 0.3) is 0 Å². The first-order valence-corrected chi connectivity index (χ1v) is 7.51. The van der Waals surface area contributed by atoms with Crippen molar-refractivity contribution in [2.24, 2.45) is 0 Å². The second kappa shape index (κ2) is 5.93. The molecular formula is C16H15BrFNO2. The molecule has 0 unspecified atom stereocenters. The Bertz CT molecular complexity index is 676. The number of ether oxygens (including phenoxy) is 2. The Hall–Kier alpha value is -1.75. The maximum Gasteiger partial charge on any atom is 0.175 e. The maximum atomic E-state index is 13.5. The Morgan fingerprint density at radius 1 is 1.24 bits per heavy atom. The van der Waals surface area contributed by atoms with Crippen LogP contribution >= 0.6 is 15.9 Å². The Morgan fingerprint density at radius 3 is 2.90 bits per heavy atom. The lowest BCUT2D eigenvalue weighted by molar-refractivity contribution is 0.170. The van der Waals surface area contributed by atoms with E-state index in [0.29, 0.717) is 25.3 Å². The Morgan fingerprint density at radius 2 is 2.05 bits per heavy atom. The number of hydrogen-bond donors (Lipinski definition) is 1. The van der Waals surface area contributed by atoms with Gasteiger partial charge < -0.3 is 14.8 Å². The first kappa shape index (κ1) is 14.2. The average molecular weight is 352 g/mol. The lowest BCUT2D eigenvalue weighted by Gasteiger charge is -2.20. The molecule has 0 aromatic heterocycles. The number of halogens is 2. The van der Waals surface area contributed by atoms with E-state index in [9.17, 15) is 4.39 Å². The quantitative estimate of drug-likeness (QED) is 0.895. The van der Waals surface area contributed by atoms with Crippen LogP contribution in [0.2, 0.25) is 0 Å². The number of hydrogen-bond acceptors (Lipinski definition) is 3. The third-order valence-electron chi connectivity index (χ3n) is 3.41. The van der Waals surface area contributed by atoms with Gasteiger partial charge in [-0.15, -0.1) is 0 Å². The largest absolute Gasteiger partial charge is 0.486 e. The summed E-state index contributed by atoms with van der Waals surface area (Å²) in [5, 5.41) is 3.25. The van der Waals surface area contributed by atoms with Gasteiger partial charge in [-0.05, 0) is 52.7 Å². The first-order chi connectivity index (χ1) is 10.1. The lowest BCUT2D eigenvalue weighted by Crippen LogP contribution is -2.16. The third kappa shape index (κ3) is 2.97. The van der Waals surface area contributed by atoms with Gasteiger partial charge in [0.1, 0.15) is 19.0 Å². The molecule has 0 fully saturated rings. The normalized spacial score (nSPS) is 13.1. The highest BCUT2D eigenvalue weighted by molar-refractivity contribution is 9.10. The zero-order valence-electron chi connectivity index (χ0n) is 11.6. The van der Waals surface area contributed by atoms with Gasteiger partial charge in [0.25, 0.3) is 0 Å². The fourth-order valence-electron chi connectivity index (χ4n) is 2.26. The molecule has 0 saturated carbocycles. The minimum atomic E-state index is -0.205. The molecule has 0 bridgehead atoms. The molecule has 1 N–H and O–H groups in total. The summed E-state index contributed by atoms with van der Waals surface area (Å²) in [4.78, 5) is 0. The summed E-state index contributed by atoms with van der Waals surface area (Å²) in [7, 11) is 0. The minimum Gasteiger partial charge on any atom is -0.486 e. The molecule has 1 aliphatic rings. The molecule has 0 amide bonds. The van der Waals surface area contributed by atoms with Crippen LogP contribution in [-0.4, -0.2) is 13.2 Å². The fraction of sp³-hybridized carbons (Fsp3) is 0.250. The Balaban J connectivity index is 1.79. The van der Waals surface area contributed by atoms with Crippen LogP contribution in [0.1, 0.15) is 11.1 Å². The Labute approximate surface area is 131 Å². The molecule has 3 rings (SSSR count). The molecule has 2 aromatic carbocycles. The molecule has 2 aromatic rings. The molecule has 0 spiro atoms. The molecule has 1 aliphatic heterocycles. The molecule has 21 heavy (non-hydrogen) atoms. The smallest absolute Gasteiger partial charge is 0.175 e. The molecule has 3 nitrogen and oxygen atoms in total. The average Bonchev–Trinajstić information content (AvgIpc) is 2.49. The van der Waals surface area contributed by atoms with Gasteiger partial charge in [-0.1, -0.05) is 6.07 Å². The molecule has 0 radical (unpaired) electrons. The van der Waals surface area contributed by atoms with Crippen molar-refractivity contribution in [1.82, 2.24) is 0 Å². The highest BCUT2D eigenvalue weighted by Gasteiger charge is 2.16. The van der Waals surface area contributed by atoms with Gasteiger partial charge in [-0.25, -0.2) is 4.39 Å².